The van der Waals surface area contributed by atoms with Crippen molar-refractivity contribution in [3.63, 3.8) is 0 Å². The Balaban J connectivity index is 1.99. The Kier molecular flexibility index (Phi) is 1.84. The van der Waals surface area contributed by atoms with Crippen molar-refractivity contribution >= 4 is 34.2 Å². The van der Waals surface area contributed by atoms with E-state index in [0.717, 1.165) is 17.8 Å². The van der Waals surface area contributed by atoms with Crippen LogP contribution in [0.4, 0.5) is 0 Å². The van der Waals surface area contributed by atoms with Crippen molar-refractivity contribution in [3.8, 4) is 0 Å². The van der Waals surface area contributed by atoms with E-state index in [1.165, 1.54) is 32.1 Å². The van der Waals surface area contributed by atoms with Crippen LogP contribution in [0, 0.1) is 17.8 Å². The minimum atomic E-state index is 0.144. The summed E-state index contributed by atoms with van der Waals surface area (Å²) in [4.78, 5) is 0.144. The first-order valence-corrected chi connectivity index (χ1v) is 6.83. The Bertz CT molecular complexity index is 230. The van der Waals surface area contributed by atoms with E-state index in [1.807, 2.05) is 0 Å². The molecule has 13 heavy (non-hydrogen) atoms. The lowest BCUT2D eigenvalue weighted by Gasteiger charge is -2.61. The van der Waals surface area contributed by atoms with Crippen molar-refractivity contribution in [2.75, 3.05) is 0 Å². The lowest BCUT2D eigenvalue weighted by atomic mass is 9.52. The molecule has 0 aromatic heterocycles. The molecule has 4 saturated carbocycles. The highest BCUT2D eigenvalue weighted by molar-refractivity contribution is 14.1. The molecule has 3 unspecified atom stereocenters. The first kappa shape index (κ1) is 9.26. The van der Waals surface area contributed by atoms with Gasteiger partial charge in [0.2, 0.25) is 0 Å². The molecule has 0 saturated heterocycles. The summed E-state index contributed by atoms with van der Waals surface area (Å²) in [5, 5.41) is 0. The molecule has 74 valence electrons. The van der Waals surface area contributed by atoms with Crippen LogP contribution >= 0.6 is 34.2 Å². The van der Waals surface area contributed by atoms with Crippen LogP contribution in [0.2, 0.25) is 0 Å². The van der Waals surface area contributed by atoms with Gasteiger partial charge in [-0.2, -0.15) is 0 Å². The molecule has 4 aliphatic rings. The van der Waals surface area contributed by atoms with Crippen LogP contribution in [0.1, 0.15) is 39.0 Å². The van der Waals surface area contributed by atoms with E-state index in [4.69, 9.17) is 11.6 Å². The van der Waals surface area contributed by atoms with Gasteiger partial charge in [0.1, 0.15) is 0 Å². The highest BCUT2D eigenvalue weighted by atomic mass is 127. The van der Waals surface area contributed by atoms with E-state index < -0.39 is 0 Å². The summed E-state index contributed by atoms with van der Waals surface area (Å²) in [6.45, 7) is 2.29. The molecule has 4 bridgehead atoms. The Morgan fingerprint density at radius 2 is 1.69 bits per heavy atom. The fraction of sp³-hybridized carbons (Fsp3) is 1.00. The van der Waals surface area contributed by atoms with E-state index in [0.29, 0.717) is 3.42 Å². The molecule has 0 aliphatic heterocycles. The molecule has 0 radical (unpaired) electrons. The van der Waals surface area contributed by atoms with Gasteiger partial charge in [-0.3, -0.25) is 0 Å². The second-order valence-corrected chi connectivity index (χ2v) is 8.75. The summed E-state index contributed by atoms with van der Waals surface area (Å²) in [5.41, 5.74) is 0. The quantitative estimate of drug-likeness (QED) is 0.469. The van der Waals surface area contributed by atoms with Crippen LogP contribution < -0.4 is 0 Å². The molecule has 4 fully saturated rings. The van der Waals surface area contributed by atoms with Gasteiger partial charge in [-0.05, 0) is 56.8 Å². The van der Waals surface area contributed by atoms with Crippen molar-refractivity contribution in [2.45, 2.75) is 47.3 Å². The predicted octanol–water partition coefficient (Wildman–Crippen LogP) is 4.00. The topological polar surface area (TPSA) is 0 Å². The van der Waals surface area contributed by atoms with Gasteiger partial charge in [0, 0.05) is 8.30 Å². The van der Waals surface area contributed by atoms with Crippen molar-refractivity contribution < 1.29 is 0 Å². The molecular weight excluding hydrogens is 294 g/mol. The second kappa shape index (κ2) is 2.58. The first-order chi connectivity index (χ1) is 6.00. The van der Waals surface area contributed by atoms with Gasteiger partial charge in [-0.15, -0.1) is 11.6 Å². The largest absolute Gasteiger partial charge is 0.119 e. The van der Waals surface area contributed by atoms with Crippen molar-refractivity contribution in [1.29, 1.82) is 0 Å². The van der Waals surface area contributed by atoms with Gasteiger partial charge in [0.15, 0.2) is 0 Å². The summed E-state index contributed by atoms with van der Waals surface area (Å²) in [6.07, 6.45) is 7.09. The maximum absolute atomic E-state index is 6.68. The van der Waals surface area contributed by atoms with Crippen LogP contribution in [0.25, 0.3) is 0 Å². The SMILES string of the molecule is CC1(Cl)[C@@H]2CC3C[C@H]1CC(I)(C3)C2. The third-order valence-corrected chi connectivity index (χ3v) is 6.65. The molecular formula is C11H16ClI. The van der Waals surface area contributed by atoms with Gasteiger partial charge in [0.25, 0.3) is 0 Å². The Labute approximate surface area is 98.9 Å². The monoisotopic (exact) mass is 310 g/mol. The van der Waals surface area contributed by atoms with Crippen LogP contribution in [0.5, 0.6) is 0 Å². The lowest BCUT2D eigenvalue weighted by Crippen LogP contribution is -2.57. The lowest BCUT2D eigenvalue weighted by molar-refractivity contribution is 0.00983. The third kappa shape index (κ3) is 1.22. The molecule has 4 aliphatic carbocycles. The Morgan fingerprint density at radius 1 is 1.15 bits per heavy atom. The van der Waals surface area contributed by atoms with Gasteiger partial charge >= 0.3 is 0 Å². The predicted molar refractivity (Wildman–Crippen MR) is 64.6 cm³/mol. The van der Waals surface area contributed by atoms with Crippen LogP contribution in [-0.4, -0.2) is 8.30 Å². The van der Waals surface area contributed by atoms with Crippen LogP contribution in [0.15, 0.2) is 0 Å². The maximum atomic E-state index is 6.68. The first-order valence-electron chi connectivity index (χ1n) is 5.37. The molecule has 0 heterocycles. The molecule has 0 amide bonds. The minimum Gasteiger partial charge on any atom is -0.119 e. The fourth-order valence-corrected chi connectivity index (χ4v) is 6.10. The number of hydrogen-bond acceptors (Lipinski definition) is 0. The highest BCUT2D eigenvalue weighted by Gasteiger charge is 2.58. The molecule has 0 nitrogen and oxygen atoms in total. The molecule has 2 heteroatoms. The zero-order valence-electron chi connectivity index (χ0n) is 8.02. The molecule has 0 N–H and O–H groups in total. The fourth-order valence-electron chi connectivity index (χ4n) is 4.08. The van der Waals surface area contributed by atoms with Crippen molar-refractivity contribution in [1.82, 2.24) is 0 Å². The zero-order chi connectivity index (χ0) is 9.27. The summed E-state index contributed by atoms with van der Waals surface area (Å²) in [7, 11) is 0. The molecule has 0 spiro atoms. The summed E-state index contributed by atoms with van der Waals surface area (Å²) >= 11 is 9.41. The summed E-state index contributed by atoms with van der Waals surface area (Å²) in [5.74, 6) is 2.65. The van der Waals surface area contributed by atoms with Gasteiger partial charge in [0.05, 0.1) is 0 Å². The summed E-state index contributed by atoms with van der Waals surface area (Å²) < 4.78 is 0.642. The number of rotatable bonds is 0. The van der Waals surface area contributed by atoms with Crippen LogP contribution in [0.3, 0.4) is 0 Å². The van der Waals surface area contributed by atoms with E-state index in [9.17, 15) is 0 Å². The van der Waals surface area contributed by atoms with E-state index in [-0.39, 0.29) is 4.87 Å². The van der Waals surface area contributed by atoms with E-state index >= 15 is 0 Å². The second-order valence-electron chi connectivity index (χ2n) is 5.65. The zero-order valence-corrected chi connectivity index (χ0v) is 10.9. The van der Waals surface area contributed by atoms with Crippen LogP contribution in [-0.2, 0) is 0 Å². The van der Waals surface area contributed by atoms with Gasteiger partial charge in [-0.1, -0.05) is 22.6 Å². The molecule has 0 aromatic carbocycles. The number of halogens is 2. The van der Waals surface area contributed by atoms with E-state index in [2.05, 4.69) is 29.5 Å². The smallest absolute Gasteiger partial charge is 0.0476 e. The van der Waals surface area contributed by atoms with Gasteiger partial charge in [-0.25, -0.2) is 0 Å². The number of alkyl halides is 2. The van der Waals surface area contributed by atoms with Gasteiger partial charge < -0.3 is 0 Å². The molecule has 5 atom stereocenters. The Hall–Kier alpha value is 1.02. The maximum Gasteiger partial charge on any atom is 0.0476 e. The Morgan fingerprint density at radius 3 is 2.15 bits per heavy atom. The minimum absolute atomic E-state index is 0.144. The average molecular weight is 311 g/mol. The molecule has 4 rings (SSSR count). The van der Waals surface area contributed by atoms with Crippen molar-refractivity contribution in [2.24, 2.45) is 17.8 Å². The standard InChI is InChI=1S/C11H16ClI/c1-10(12)8-2-7-3-9(10)6-11(13,4-7)5-8/h7-9H,2-6H2,1H3/t7?,8-,9+,10?,11?. The van der Waals surface area contributed by atoms with Crippen molar-refractivity contribution in [3.05, 3.63) is 0 Å². The average Bonchev–Trinajstić information content (AvgIpc) is 1.97. The van der Waals surface area contributed by atoms with E-state index in [1.54, 1.807) is 0 Å². The third-order valence-electron chi connectivity index (χ3n) is 4.71. The summed E-state index contributed by atoms with van der Waals surface area (Å²) in [6, 6.07) is 0. The normalized spacial score (nSPS) is 64.4. The number of hydrogen-bond donors (Lipinski definition) is 0. The highest BCUT2D eigenvalue weighted by Crippen LogP contribution is 2.64. The molecule has 0 aromatic rings.